The first-order valence-electron chi connectivity index (χ1n) is 8.33. The number of anilines is 1. The number of amides is 2. The van der Waals surface area contributed by atoms with Crippen LogP contribution in [0.3, 0.4) is 0 Å². The number of ether oxygens (including phenoxy) is 2. The van der Waals surface area contributed by atoms with Crippen molar-refractivity contribution in [2.75, 3.05) is 25.6 Å². The van der Waals surface area contributed by atoms with Gasteiger partial charge in [-0.1, -0.05) is 23.4 Å². The monoisotopic (exact) mass is 408 g/mol. The van der Waals surface area contributed by atoms with E-state index < -0.39 is 6.09 Å². The molecule has 0 bridgehead atoms. The molecule has 0 aliphatic carbocycles. The van der Waals surface area contributed by atoms with Gasteiger partial charge in [0.05, 0.1) is 18.7 Å². The molecule has 2 rings (SSSR count). The summed E-state index contributed by atoms with van der Waals surface area (Å²) in [7, 11) is 1.62. The number of carbonyl (C=O) groups excluding carboxylic acids is 2. The molecular formula is C19H21ClN2O4S. The molecule has 2 aromatic carbocycles. The fraction of sp³-hybridized carbons (Fsp3) is 0.263. The highest BCUT2D eigenvalue weighted by Crippen LogP contribution is 2.35. The molecule has 27 heavy (non-hydrogen) atoms. The molecule has 0 saturated heterocycles. The van der Waals surface area contributed by atoms with E-state index in [0.29, 0.717) is 10.7 Å². The fourth-order valence-electron chi connectivity index (χ4n) is 2.12. The first kappa shape index (κ1) is 20.9. The molecule has 0 aliphatic rings. The van der Waals surface area contributed by atoms with Crippen LogP contribution in [0.5, 0.6) is 5.75 Å². The van der Waals surface area contributed by atoms with Gasteiger partial charge in [-0.05, 0) is 49.4 Å². The normalized spacial score (nSPS) is 10.2. The molecule has 0 saturated carbocycles. The number of hydrogen-bond acceptors (Lipinski definition) is 5. The predicted molar refractivity (Wildman–Crippen MR) is 107 cm³/mol. The molecule has 0 fully saturated rings. The van der Waals surface area contributed by atoms with Crippen LogP contribution in [0, 0.1) is 0 Å². The second-order valence-electron chi connectivity index (χ2n) is 5.37. The van der Waals surface area contributed by atoms with E-state index >= 15 is 0 Å². The summed E-state index contributed by atoms with van der Waals surface area (Å²) in [6.45, 7) is 2.20. The molecule has 0 radical (unpaired) electrons. The molecule has 0 aliphatic heterocycles. The van der Waals surface area contributed by atoms with E-state index in [1.165, 1.54) is 11.8 Å². The van der Waals surface area contributed by atoms with Gasteiger partial charge in [0, 0.05) is 28.4 Å². The second kappa shape index (κ2) is 10.7. The summed E-state index contributed by atoms with van der Waals surface area (Å²) >= 11 is 7.85. The van der Waals surface area contributed by atoms with Crippen molar-refractivity contribution in [3.8, 4) is 5.75 Å². The van der Waals surface area contributed by atoms with E-state index in [9.17, 15) is 9.59 Å². The number of alkyl carbamates (subject to hydrolysis) is 1. The van der Waals surface area contributed by atoms with Crippen molar-refractivity contribution >= 4 is 41.1 Å². The molecule has 0 heterocycles. The van der Waals surface area contributed by atoms with E-state index in [1.807, 2.05) is 30.3 Å². The van der Waals surface area contributed by atoms with Crippen LogP contribution in [0.1, 0.15) is 13.3 Å². The van der Waals surface area contributed by atoms with Crippen molar-refractivity contribution < 1.29 is 19.1 Å². The number of rotatable bonds is 8. The lowest BCUT2D eigenvalue weighted by atomic mass is 10.3. The van der Waals surface area contributed by atoms with E-state index in [4.69, 9.17) is 21.1 Å². The maximum Gasteiger partial charge on any atom is 0.407 e. The number of halogens is 1. The third kappa shape index (κ3) is 7.03. The van der Waals surface area contributed by atoms with Crippen molar-refractivity contribution in [1.82, 2.24) is 5.32 Å². The lowest BCUT2D eigenvalue weighted by Gasteiger charge is -2.09. The van der Waals surface area contributed by atoms with Crippen molar-refractivity contribution in [2.45, 2.75) is 23.1 Å². The Hall–Kier alpha value is -2.38. The van der Waals surface area contributed by atoms with E-state index in [-0.39, 0.29) is 25.5 Å². The summed E-state index contributed by atoms with van der Waals surface area (Å²) in [5, 5.41) is 5.79. The highest BCUT2D eigenvalue weighted by Gasteiger charge is 2.08. The molecule has 0 unspecified atom stereocenters. The van der Waals surface area contributed by atoms with Crippen LogP contribution in [0.2, 0.25) is 5.02 Å². The molecule has 2 amide bonds. The molecule has 6 nitrogen and oxygen atoms in total. The van der Waals surface area contributed by atoms with Crippen LogP contribution in [-0.2, 0) is 9.53 Å². The molecule has 144 valence electrons. The van der Waals surface area contributed by atoms with Crippen LogP contribution in [0.15, 0.2) is 52.3 Å². The van der Waals surface area contributed by atoms with Gasteiger partial charge < -0.3 is 20.1 Å². The third-order valence-corrected chi connectivity index (χ3v) is 4.91. The number of benzene rings is 2. The zero-order valence-corrected chi connectivity index (χ0v) is 16.7. The van der Waals surface area contributed by atoms with E-state index in [1.54, 1.807) is 26.2 Å². The minimum absolute atomic E-state index is 0.138. The lowest BCUT2D eigenvalue weighted by molar-refractivity contribution is -0.116. The van der Waals surface area contributed by atoms with Crippen LogP contribution in [-0.4, -0.2) is 32.3 Å². The predicted octanol–water partition coefficient (Wildman–Crippen LogP) is 4.57. The molecule has 0 atom stereocenters. The summed E-state index contributed by atoms with van der Waals surface area (Å²) in [5.74, 6) is 0.569. The van der Waals surface area contributed by atoms with Gasteiger partial charge in [0.15, 0.2) is 0 Å². The summed E-state index contributed by atoms with van der Waals surface area (Å²) in [6.07, 6.45) is -0.396. The zero-order chi connectivity index (χ0) is 19.6. The highest BCUT2D eigenvalue weighted by atomic mass is 35.5. The number of nitrogens with one attached hydrogen (secondary N) is 2. The smallest absolute Gasteiger partial charge is 0.407 e. The standard InChI is InChI=1S/C19H21ClN2O4S/c1-3-26-19(24)21-11-10-18(23)22-13-4-9-17(16(20)12-13)27-15-7-5-14(25-2)6-8-15/h4-9,12H,3,10-11H2,1-2H3,(H,21,24)(H,22,23). The largest absolute Gasteiger partial charge is 0.497 e. The second-order valence-corrected chi connectivity index (χ2v) is 6.89. The Balaban J connectivity index is 1.87. The van der Waals surface area contributed by atoms with Gasteiger partial charge in [-0.2, -0.15) is 0 Å². The quantitative estimate of drug-likeness (QED) is 0.668. The summed E-state index contributed by atoms with van der Waals surface area (Å²) in [5.41, 5.74) is 0.597. The minimum Gasteiger partial charge on any atom is -0.497 e. The highest BCUT2D eigenvalue weighted by molar-refractivity contribution is 7.99. The number of methoxy groups -OCH3 is 1. The average molecular weight is 409 g/mol. The lowest BCUT2D eigenvalue weighted by Crippen LogP contribution is -2.28. The van der Waals surface area contributed by atoms with Gasteiger partial charge >= 0.3 is 6.09 Å². The van der Waals surface area contributed by atoms with Gasteiger partial charge in [-0.15, -0.1) is 0 Å². The Labute approximate surface area is 167 Å². The maximum absolute atomic E-state index is 11.9. The Morgan fingerprint density at radius 2 is 1.89 bits per heavy atom. The molecule has 2 aromatic rings. The molecular weight excluding hydrogens is 388 g/mol. The number of hydrogen-bond donors (Lipinski definition) is 2. The van der Waals surface area contributed by atoms with Gasteiger partial charge in [0.1, 0.15) is 5.75 Å². The van der Waals surface area contributed by atoms with Gasteiger partial charge in [-0.3, -0.25) is 4.79 Å². The Morgan fingerprint density at radius 3 is 2.52 bits per heavy atom. The average Bonchev–Trinajstić information content (AvgIpc) is 2.65. The SMILES string of the molecule is CCOC(=O)NCCC(=O)Nc1ccc(Sc2ccc(OC)cc2)c(Cl)c1. The van der Waals surface area contributed by atoms with Crippen molar-refractivity contribution in [2.24, 2.45) is 0 Å². The molecule has 8 heteroatoms. The van der Waals surface area contributed by atoms with Crippen LogP contribution >= 0.6 is 23.4 Å². The molecule has 0 aromatic heterocycles. The van der Waals surface area contributed by atoms with Crippen molar-refractivity contribution in [3.05, 3.63) is 47.5 Å². The van der Waals surface area contributed by atoms with Crippen molar-refractivity contribution in [1.29, 1.82) is 0 Å². The van der Waals surface area contributed by atoms with E-state index in [2.05, 4.69) is 10.6 Å². The van der Waals surface area contributed by atoms with E-state index in [0.717, 1.165) is 15.5 Å². The maximum atomic E-state index is 11.9. The summed E-state index contributed by atoms with van der Waals surface area (Å²) in [4.78, 5) is 25.0. The fourth-order valence-corrected chi connectivity index (χ4v) is 3.23. The summed E-state index contributed by atoms with van der Waals surface area (Å²) in [6, 6.07) is 13.0. The van der Waals surface area contributed by atoms with Crippen LogP contribution < -0.4 is 15.4 Å². The van der Waals surface area contributed by atoms with Gasteiger partial charge in [0.2, 0.25) is 5.91 Å². The first-order valence-corrected chi connectivity index (χ1v) is 9.53. The molecule has 2 N–H and O–H groups in total. The Morgan fingerprint density at radius 1 is 1.15 bits per heavy atom. The first-order chi connectivity index (χ1) is 13.0. The topological polar surface area (TPSA) is 76.7 Å². The van der Waals surface area contributed by atoms with Gasteiger partial charge in [-0.25, -0.2) is 4.79 Å². The Kier molecular flexibility index (Phi) is 8.29. The van der Waals surface area contributed by atoms with Crippen LogP contribution in [0.25, 0.3) is 0 Å². The molecule has 0 spiro atoms. The third-order valence-electron chi connectivity index (χ3n) is 3.40. The zero-order valence-electron chi connectivity index (χ0n) is 15.1. The van der Waals surface area contributed by atoms with Gasteiger partial charge in [0.25, 0.3) is 0 Å². The van der Waals surface area contributed by atoms with Crippen molar-refractivity contribution in [3.63, 3.8) is 0 Å². The summed E-state index contributed by atoms with van der Waals surface area (Å²) < 4.78 is 9.87. The van der Waals surface area contributed by atoms with Crippen LogP contribution in [0.4, 0.5) is 10.5 Å². The minimum atomic E-state index is -0.534. The number of carbonyl (C=O) groups is 2. The Bertz CT molecular complexity index is 784.